The molecule has 2 aliphatic rings. The third-order valence-corrected chi connectivity index (χ3v) is 13.8. The van der Waals surface area contributed by atoms with Crippen molar-refractivity contribution < 1.29 is 0 Å². The zero-order chi connectivity index (χ0) is 46.8. The molecule has 0 spiro atoms. The molecule has 1 atom stereocenters. The van der Waals surface area contributed by atoms with Crippen molar-refractivity contribution in [1.29, 1.82) is 0 Å². The molecule has 2 aliphatic carbocycles. The van der Waals surface area contributed by atoms with Crippen molar-refractivity contribution in [3.63, 3.8) is 0 Å². The Bertz CT molecular complexity index is 3420. The Kier molecular flexibility index (Phi) is 14.6. The monoisotopic (exact) mass is 885 g/mol. The highest BCUT2D eigenvalue weighted by molar-refractivity contribution is 7.20. The van der Waals surface area contributed by atoms with E-state index >= 15 is 0 Å². The predicted molar refractivity (Wildman–Crippen MR) is 296 cm³/mol. The Morgan fingerprint density at radius 1 is 0.597 bits per heavy atom. The molecular formula is C65H59NS. The van der Waals surface area contributed by atoms with Crippen LogP contribution in [0.3, 0.4) is 0 Å². The molecule has 0 bridgehead atoms. The summed E-state index contributed by atoms with van der Waals surface area (Å²) >= 11 is 1.85. The van der Waals surface area contributed by atoms with Crippen LogP contribution >= 0.6 is 11.3 Å². The topological polar surface area (TPSA) is 4.93 Å². The molecule has 67 heavy (non-hydrogen) atoms. The number of thiophene rings is 1. The first kappa shape index (κ1) is 46.0. The first-order valence-electron chi connectivity index (χ1n) is 23.5. The van der Waals surface area contributed by atoms with E-state index in [1.54, 1.807) is 6.08 Å². The summed E-state index contributed by atoms with van der Waals surface area (Å²) in [5.41, 5.74) is 13.8. The SMILES string of the molecule is C=C/C=C\C.C=Cc1c(/C=C\C)sc2c(-c3ccc4c(c3)c3ccccc3n4-c3ccc(C4=c5ccccc5=C(c5ccccc5)C5=CC=CCC54C)cc3)cccc12.CC.c1ccccc1. The summed E-state index contributed by atoms with van der Waals surface area (Å²) in [5.74, 6) is 0. The summed E-state index contributed by atoms with van der Waals surface area (Å²) in [6.45, 7) is 18.1. The molecule has 0 amide bonds. The van der Waals surface area contributed by atoms with Gasteiger partial charge in [0.15, 0.2) is 0 Å². The van der Waals surface area contributed by atoms with Gasteiger partial charge in [0.2, 0.25) is 0 Å². The second-order valence-electron chi connectivity index (χ2n) is 16.5. The highest BCUT2D eigenvalue weighted by atomic mass is 32.1. The van der Waals surface area contributed by atoms with Crippen molar-refractivity contribution >= 4 is 66.5 Å². The maximum Gasteiger partial charge on any atom is 0.0541 e. The summed E-state index contributed by atoms with van der Waals surface area (Å²) in [6, 6.07) is 63.7. The number of benzene rings is 7. The van der Waals surface area contributed by atoms with Gasteiger partial charge in [0.1, 0.15) is 0 Å². The molecule has 2 heteroatoms. The molecule has 0 N–H and O–H groups in total. The fourth-order valence-corrected chi connectivity index (χ4v) is 11.0. The number of rotatable bonds is 7. The zero-order valence-electron chi connectivity index (χ0n) is 39.4. The molecule has 9 aromatic rings. The lowest BCUT2D eigenvalue weighted by atomic mass is 9.62. The summed E-state index contributed by atoms with van der Waals surface area (Å²) < 4.78 is 3.73. The van der Waals surface area contributed by atoms with E-state index in [1.165, 1.54) is 91.7 Å². The molecule has 11 rings (SSSR count). The summed E-state index contributed by atoms with van der Waals surface area (Å²) in [4.78, 5) is 1.25. The molecular weight excluding hydrogens is 827 g/mol. The van der Waals surface area contributed by atoms with Gasteiger partial charge in [-0.05, 0) is 112 Å². The maximum atomic E-state index is 4.15. The van der Waals surface area contributed by atoms with E-state index < -0.39 is 0 Å². The average molecular weight is 886 g/mol. The molecule has 2 aromatic heterocycles. The molecule has 0 saturated heterocycles. The van der Waals surface area contributed by atoms with Crippen LogP contribution in [-0.4, -0.2) is 4.57 Å². The Labute approximate surface area is 401 Å². The van der Waals surface area contributed by atoms with Gasteiger partial charge >= 0.3 is 0 Å². The molecule has 0 saturated carbocycles. The Morgan fingerprint density at radius 2 is 1.22 bits per heavy atom. The number of para-hydroxylation sites is 1. The number of fused-ring (bicyclic) bond motifs is 6. The van der Waals surface area contributed by atoms with E-state index in [2.05, 4.69) is 201 Å². The fourth-order valence-electron chi connectivity index (χ4n) is 9.70. The zero-order valence-corrected chi connectivity index (χ0v) is 40.2. The van der Waals surface area contributed by atoms with Gasteiger partial charge in [-0.2, -0.15) is 0 Å². The summed E-state index contributed by atoms with van der Waals surface area (Å²) in [6.07, 6.45) is 19.8. The third-order valence-electron chi connectivity index (χ3n) is 12.6. The van der Waals surface area contributed by atoms with Crippen molar-refractivity contribution in [2.75, 3.05) is 0 Å². The number of nitrogens with zero attached hydrogens (tertiary/aromatic N) is 1. The predicted octanol–water partition coefficient (Wildman–Crippen LogP) is 17.1. The van der Waals surface area contributed by atoms with Gasteiger partial charge in [-0.3, -0.25) is 0 Å². The normalized spacial score (nSPS) is 14.9. The van der Waals surface area contributed by atoms with Crippen LogP contribution in [-0.2, 0) is 0 Å². The molecule has 330 valence electrons. The molecule has 0 radical (unpaired) electrons. The van der Waals surface area contributed by atoms with Crippen LogP contribution in [0, 0.1) is 5.41 Å². The van der Waals surface area contributed by atoms with Crippen LogP contribution in [0.15, 0.2) is 237 Å². The van der Waals surface area contributed by atoms with Gasteiger partial charge in [0.05, 0.1) is 11.0 Å². The van der Waals surface area contributed by atoms with Gasteiger partial charge in [0.25, 0.3) is 0 Å². The van der Waals surface area contributed by atoms with E-state index in [-0.39, 0.29) is 5.41 Å². The molecule has 1 nitrogen and oxygen atoms in total. The first-order valence-corrected chi connectivity index (χ1v) is 24.3. The van der Waals surface area contributed by atoms with Crippen molar-refractivity contribution in [3.8, 4) is 16.8 Å². The second kappa shape index (κ2) is 21.2. The smallest absolute Gasteiger partial charge is 0.0541 e. The average Bonchev–Trinajstić information content (AvgIpc) is 3.92. The van der Waals surface area contributed by atoms with Crippen molar-refractivity contribution in [1.82, 2.24) is 4.57 Å². The summed E-state index contributed by atoms with van der Waals surface area (Å²) in [5, 5.41) is 6.40. The van der Waals surface area contributed by atoms with Crippen LogP contribution < -0.4 is 10.4 Å². The first-order chi connectivity index (χ1) is 33.0. The van der Waals surface area contributed by atoms with Gasteiger partial charge in [-0.1, -0.05) is 228 Å². The van der Waals surface area contributed by atoms with Crippen LogP contribution in [0.1, 0.15) is 62.6 Å². The van der Waals surface area contributed by atoms with Gasteiger partial charge in [-0.25, -0.2) is 0 Å². The second-order valence-corrected chi connectivity index (χ2v) is 17.6. The Balaban J connectivity index is 0.000000413. The van der Waals surface area contributed by atoms with Crippen LogP contribution in [0.4, 0.5) is 0 Å². The number of allylic oxidation sites excluding steroid dienone is 8. The minimum absolute atomic E-state index is 0.162. The van der Waals surface area contributed by atoms with E-state index in [9.17, 15) is 0 Å². The third kappa shape index (κ3) is 8.94. The molecule has 2 heterocycles. The molecule has 0 fully saturated rings. The quantitative estimate of drug-likeness (QED) is 0.141. The van der Waals surface area contributed by atoms with Gasteiger partial charge < -0.3 is 4.57 Å². The van der Waals surface area contributed by atoms with Gasteiger partial charge in [-0.15, -0.1) is 11.3 Å². The number of aromatic nitrogens is 1. The highest BCUT2D eigenvalue weighted by Gasteiger charge is 2.39. The number of hydrogen-bond donors (Lipinski definition) is 0. The lowest BCUT2D eigenvalue weighted by Gasteiger charge is -2.40. The van der Waals surface area contributed by atoms with Crippen LogP contribution in [0.2, 0.25) is 0 Å². The largest absolute Gasteiger partial charge is 0.309 e. The van der Waals surface area contributed by atoms with E-state index in [1.807, 2.05) is 86.7 Å². The minimum atomic E-state index is -0.162. The van der Waals surface area contributed by atoms with Crippen LogP contribution in [0.25, 0.3) is 72.0 Å². The number of hydrogen-bond acceptors (Lipinski definition) is 1. The standard InChI is InChI=1S/C52H39NS.C6H6.C5H8.C2H6/c1-4-16-48-38(5-2)43-23-15-22-39(51(43)54-48)36-28-31-47-44(33-36)40-19-11-12-25-46(40)53(47)37-29-26-35(27-30-37)50-42-21-10-9-20-41(42)49(34-17-7-6-8-18-34)45-24-13-14-32-52(45,50)3;1-2-4-6-5-3-1;1-3-5-4-2;1-2/h4-31,33H,2,32H2,1,3H3;1-6H;3-5H,1H2,2H3;1-2H3/b16-4-;;5-4-;. The van der Waals surface area contributed by atoms with Crippen LogP contribution in [0.5, 0.6) is 0 Å². The molecule has 1 unspecified atom stereocenters. The van der Waals surface area contributed by atoms with E-state index in [4.69, 9.17) is 0 Å². The van der Waals surface area contributed by atoms with Crippen molar-refractivity contribution in [3.05, 3.63) is 269 Å². The molecule has 0 aliphatic heterocycles. The lowest BCUT2D eigenvalue weighted by Crippen LogP contribution is -2.42. The summed E-state index contributed by atoms with van der Waals surface area (Å²) in [7, 11) is 0. The lowest BCUT2D eigenvalue weighted by molar-refractivity contribution is 0.547. The Morgan fingerprint density at radius 3 is 1.90 bits per heavy atom. The fraction of sp³-hybridized carbons (Fsp3) is 0.108. The van der Waals surface area contributed by atoms with Crippen molar-refractivity contribution in [2.24, 2.45) is 5.41 Å². The Hall–Kier alpha value is -7.52. The van der Waals surface area contributed by atoms with E-state index in [0.29, 0.717) is 0 Å². The van der Waals surface area contributed by atoms with Gasteiger partial charge in [0, 0.05) is 36.8 Å². The molecule has 7 aromatic carbocycles. The maximum absolute atomic E-state index is 4.15. The highest BCUT2D eigenvalue weighted by Crippen LogP contribution is 2.50. The van der Waals surface area contributed by atoms with E-state index in [0.717, 1.165) is 12.1 Å². The minimum Gasteiger partial charge on any atom is -0.309 e. The van der Waals surface area contributed by atoms with Crippen molar-refractivity contribution in [2.45, 2.75) is 41.0 Å².